The molecule has 2 aromatic carbocycles. The zero-order chi connectivity index (χ0) is 15.1. The van der Waals surface area contributed by atoms with E-state index in [4.69, 9.17) is 0 Å². The van der Waals surface area contributed by atoms with E-state index in [2.05, 4.69) is 69.4 Å². The summed E-state index contributed by atoms with van der Waals surface area (Å²) in [6.07, 6.45) is 0. The Labute approximate surface area is 132 Å². The fraction of sp³-hybridized carbons (Fsp3) is 0.176. The van der Waals surface area contributed by atoms with Crippen LogP contribution in [0.1, 0.15) is 13.8 Å². The van der Waals surface area contributed by atoms with E-state index in [9.17, 15) is 0 Å². The molecule has 4 nitrogen and oxygen atoms in total. The van der Waals surface area contributed by atoms with Gasteiger partial charge in [0.1, 0.15) is 0 Å². The van der Waals surface area contributed by atoms with Crippen molar-refractivity contribution >= 4 is 28.6 Å². The fourth-order valence-electron chi connectivity index (χ4n) is 2.69. The second-order valence-corrected chi connectivity index (χ2v) is 6.99. The maximum Gasteiger partial charge on any atom is 0.241 e. The Bertz CT molecular complexity index is 937. The van der Waals surface area contributed by atoms with Crippen molar-refractivity contribution in [2.75, 3.05) is 0 Å². The first-order valence-corrected chi connectivity index (χ1v) is 8.20. The molecule has 0 atom stereocenters. The maximum atomic E-state index is 4.44. The lowest BCUT2D eigenvalue weighted by atomic mass is 10.3. The molecule has 0 aliphatic carbocycles. The van der Waals surface area contributed by atoms with E-state index in [1.807, 2.05) is 18.2 Å². The summed E-state index contributed by atoms with van der Waals surface area (Å²) in [5.74, 6) is 0.857. The average molecular weight is 308 g/mol. The third-order valence-corrected chi connectivity index (χ3v) is 4.48. The molecular formula is C17H16N4S. The monoisotopic (exact) mass is 308 g/mol. The van der Waals surface area contributed by atoms with Gasteiger partial charge in [-0.1, -0.05) is 55.9 Å². The first-order valence-electron chi connectivity index (χ1n) is 7.32. The molecule has 0 bridgehead atoms. The van der Waals surface area contributed by atoms with Crippen LogP contribution in [0, 0.1) is 0 Å². The van der Waals surface area contributed by atoms with Gasteiger partial charge in [-0.05, 0) is 24.3 Å². The second kappa shape index (κ2) is 5.18. The molecule has 0 aliphatic heterocycles. The van der Waals surface area contributed by atoms with E-state index in [0.717, 1.165) is 27.7 Å². The molecule has 0 N–H and O–H groups in total. The van der Waals surface area contributed by atoms with Crippen molar-refractivity contribution in [3.05, 3.63) is 54.6 Å². The highest BCUT2D eigenvalue weighted by molar-refractivity contribution is 7.99. The van der Waals surface area contributed by atoms with Crippen molar-refractivity contribution in [1.82, 2.24) is 19.2 Å². The molecule has 0 saturated heterocycles. The van der Waals surface area contributed by atoms with Crippen molar-refractivity contribution in [1.29, 1.82) is 0 Å². The maximum absolute atomic E-state index is 4.44. The lowest BCUT2D eigenvalue weighted by Crippen LogP contribution is -1.94. The fourth-order valence-corrected chi connectivity index (χ4v) is 3.48. The van der Waals surface area contributed by atoms with E-state index >= 15 is 0 Å². The van der Waals surface area contributed by atoms with Crippen molar-refractivity contribution in [3.63, 3.8) is 0 Å². The quantitative estimate of drug-likeness (QED) is 0.533. The summed E-state index contributed by atoms with van der Waals surface area (Å²) in [6.45, 7) is 4.34. The summed E-state index contributed by atoms with van der Waals surface area (Å²) >= 11 is 1.73. The smallest absolute Gasteiger partial charge is 0.241 e. The molecule has 0 unspecified atom stereocenters. The molecule has 5 heteroatoms. The van der Waals surface area contributed by atoms with Gasteiger partial charge in [0.2, 0.25) is 5.78 Å². The van der Waals surface area contributed by atoms with E-state index in [-0.39, 0.29) is 0 Å². The molecule has 22 heavy (non-hydrogen) atoms. The molecule has 4 aromatic rings. The topological polar surface area (TPSA) is 35.1 Å². The van der Waals surface area contributed by atoms with E-state index in [1.165, 1.54) is 0 Å². The molecule has 110 valence electrons. The zero-order valence-electron chi connectivity index (χ0n) is 12.5. The van der Waals surface area contributed by atoms with Gasteiger partial charge in [-0.2, -0.15) is 0 Å². The molecule has 4 rings (SSSR count). The van der Waals surface area contributed by atoms with Gasteiger partial charge in [-0.15, -0.1) is 10.2 Å². The molecule has 2 heterocycles. The number of hydrogen-bond donors (Lipinski definition) is 0. The normalized spacial score (nSPS) is 11.8. The number of nitrogens with zero attached hydrogens (tertiary/aromatic N) is 4. The van der Waals surface area contributed by atoms with Crippen molar-refractivity contribution in [2.24, 2.45) is 0 Å². The summed E-state index contributed by atoms with van der Waals surface area (Å²) in [4.78, 5) is 0. The summed E-state index contributed by atoms with van der Waals surface area (Å²) < 4.78 is 4.31. The molecule has 2 aromatic heterocycles. The molecule has 0 amide bonds. The van der Waals surface area contributed by atoms with Crippen LogP contribution in [0.15, 0.2) is 59.8 Å². The second-order valence-electron chi connectivity index (χ2n) is 5.44. The Morgan fingerprint density at radius 3 is 2.27 bits per heavy atom. The van der Waals surface area contributed by atoms with Crippen LogP contribution in [-0.4, -0.2) is 24.4 Å². The van der Waals surface area contributed by atoms with E-state index in [0.29, 0.717) is 5.25 Å². The number of aromatic nitrogens is 4. The minimum Gasteiger partial charge on any atom is -0.277 e. The number of rotatable bonds is 3. The van der Waals surface area contributed by atoms with Crippen LogP contribution in [0.3, 0.4) is 0 Å². The van der Waals surface area contributed by atoms with Gasteiger partial charge in [0.05, 0.1) is 11.0 Å². The largest absolute Gasteiger partial charge is 0.277 e. The number of benzene rings is 2. The Balaban J connectivity index is 2.09. The Kier molecular flexibility index (Phi) is 3.15. The minimum atomic E-state index is 0.464. The van der Waals surface area contributed by atoms with Gasteiger partial charge in [0.15, 0.2) is 5.16 Å². The lowest BCUT2D eigenvalue weighted by molar-refractivity contribution is 0.930. The Morgan fingerprint density at radius 1 is 0.864 bits per heavy atom. The lowest BCUT2D eigenvalue weighted by Gasteiger charge is -2.03. The minimum absolute atomic E-state index is 0.464. The van der Waals surface area contributed by atoms with Crippen molar-refractivity contribution in [2.45, 2.75) is 24.3 Å². The molecule has 0 saturated carbocycles. The van der Waals surface area contributed by atoms with Gasteiger partial charge in [0, 0.05) is 10.9 Å². The van der Waals surface area contributed by atoms with Gasteiger partial charge < -0.3 is 0 Å². The molecule has 0 spiro atoms. The first kappa shape index (κ1) is 13.4. The number of para-hydroxylation sites is 3. The van der Waals surface area contributed by atoms with Crippen LogP contribution in [-0.2, 0) is 0 Å². The Hall–Kier alpha value is -2.27. The number of thioether (sulfide) groups is 1. The van der Waals surface area contributed by atoms with Crippen LogP contribution in [0.5, 0.6) is 0 Å². The number of hydrogen-bond acceptors (Lipinski definition) is 3. The standard InChI is InChI=1S/C17H16N4S/c1-12(2)22-17-19-18-16-20(13-8-4-3-5-9-13)14-10-6-7-11-15(14)21(16)17/h3-12H,1-2H3. The molecular weight excluding hydrogens is 292 g/mol. The van der Waals surface area contributed by atoms with E-state index < -0.39 is 0 Å². The van der Waals surface area contributed by atoms with Crippen LogP contribution in [0.25, 0.3) is 22.5 Å². The summed E-state index contributed by atoms with van der Waals surface area (Å²) in [5.41, 5.74) is 3.38. The summed E-state index contributed by atoms with van der Waals surface area (Å²) in [5, 5.41) is 10.2. The van der Waals surface area contributed by atoms with Gasteiger partial charge in [0.25, 0.3) is 0 Å². The SMILES string of the molecule is CC(C)Sc1nnc2n(-c3ccccc3)c3ccccc3n12. The molecule has 0 aliphatic rings. The summed E-state index contributed by atoms with van der Waals surface area (Å²) in [7, 11) is 0. The van der Waals surface area contributed by atoms with Crippen molar-refractivity contribution in [3.8, 4) is 5.69 Å². The third kappa shape index (κ3) is 2.01. The van der Waals surface area contributed by atoms with Crippen LogP contribution >= 0.6 is 11.8 Å². The Morgan fingerprint density at radius 2 is 1.55 bits per heavy atom. The predicted molar refractivity (Wildman–Crippen MR) is 90.8 cm³/mol. The summed E-state index contributed by atoms with van der Waals surface area (Å²) in [6, 6.07) is 18.7. The first-order chi connectivity index (χ1) is 10.8. The number of imidazole rings is 1. The van der Waals surface area contributed by atoms with Crippen LogP contribution < -0.4 is 0 Å². The van der Waals surface area contributed by atoms with Gasteiger partial charge in [-0.25, -0.2) is 0 Å². The van der Waals surface area contributed by atoms with Gasteiger partial charge in [-0.3, -0.25) is 8.97 Å². The average Bonchev–Trinajstić information content (AvgIpc) is 3.06. The van der Waals surface area contributed by atoms with Gasteiger partial charge >= 0.3 is 0 Å². The predicted octanol–water partition coefficient (Wildman–Crippen LogP) is 4.17. The highest BCUT2D eigenvalue weighted by Crippen LogP contribution is 2.29. The third-order valence-electron chi connectivity index (χ3n) is 3.54. The number of fused-ring (bicyclic) bond motifs is 3. The van der Waals surface area contributed by atoms with Crippen molar-refractivity contribution < 1.29 is 0 Å². The molecule has 0 fully saturated rings. The van der Waals surface area contributed by atoms with E-state index in [1.54, 1.807) is 11.8 Å². The van der Waals surface area contributed by atoms with Crippen LogP contribution in [0.2, 0.25) is 0 Å². The molecule has 0 radical (unpaired) electrons. The van der Waals surface area contributed by atoms with Crippen LogP contribution in [0.4, 0.5) is 0 Å². The zero-order valence-corrected chi connectivity index (χ0v) is 13.3. The highest BCUT2D eigenvalue weighted by Gasteiger charge is 2.18. The highest BCUT2D eigenvalue weighted by atomic mass is 32.2.